The number of carbonyl (C=O) groups is 1. The fourth-order valence-electron chi connectivity index (χ4n) is 2.29. The molecular weight excluding hydrogens is 268 g/mol. The summed E-state index contributed by atoms with van der Waals surface area (Å²) in [4.78, 5) is 10.7. The molecule has 0 aromatic rings. The van der Waals surface area contributed by atoms with E-state index < -0.39 is 22.7 Å². The Morgan fingerprint density at radius 3 is 2.42 bits per heavy atom. The first-order valence-electron chi connectivity index (χ1n) is 6.28. The van der Waals surface area contributed by atoms with E-state index in [0.29, 0.717) is 0 Å². The minimum Gasteiger partial charge on any atom is -0.480 e. The molecule has 1 fully saturated rings. The molecule has 1 N–H and O–H groups in total. The summed E-state index contributed by atoms with van der Waals surface area (Å²) in [5.41, 5.74) is 0. The molecule has 1 rings (SSSR count). The maximum Gasteiger partial charge on any atom is 0.318 e. The highest BCUT2D eigenvalue weighted by Crippen LogP contribution is 2.24. The third-order valence-corrected chi connectivity index (χ3v) is 5.30. The van der Waals surface area contributed by atoms with Crippen molar-refractivity contribution in [1.82, 2.24) is 8.61 Å². The summed E-state index contributed by atoms with van der Waals surface area (Å²) >= 11 is 0. The Kier molecular flexibility index (Phi) is 5.79. The number of terminal acetylenes is 1. The summed E-state index contributed by atoms with van der Waals surface area (Å²) in [7, 11) is -2.32. The van der Waals surface area contributed by atoms with Gasteiger partial charge >= 0.3 is 5.97 Å². The van der Waals surface area contributed by atoms with Gasteiger partial charge in [0.25, 0.3) is 10.2 Å². The van der Waals surface area contributed by atoms with Crippen LogP contribution in [0.1, 0.15) is 32.1 Å². The van der Waals surface area contributed by atoms with Gasteiger partial charge < -0.3 is 5.11 Å². The van der Waals surface area contributed by atoms with Gasteiger partial charge in [-0.05, 0) is 12.8 Å². The van der Waals surface area contributed by atoms with Gasteiger partial charge in [0.2, 0.25) is 0 Å². The first-order valence-corrected chi connectivity index (χ1v) is 7.67. The normalized spacial score (nSPS) is 17.6. The van der Waals surface area contributed by atoms with E-state index in [2.05, 4.69) is 5.92 Å². The number of nitrogens with zero attached hydrogens (tertiary/aromatic N) is 2. The van der Waals surface area contributed by atoms with Crippen LogP contribution in [0.5, 0.6) is 0 Å². The van der Waals surface area contributed by atoms with Crippen molar-refractivity contribution in [1.29, 1.82) is 0 Å². The summed E-state index contributed by atoms with van der Waals surface area (Å²) in [6.45, 7) is -0.838. The molecule has 0 aromatic carbocycles. The Morgan fingerprint density at radius 2 is 1.95 bits per heavy atom. The maximum absolute atomic E-state index is 12.3. The largest absolute Gasteiger partial charge is 0.480 e. The van der Waals surface area contributed by atoms with Crippen LogP contribution in [-0.4, -0.2) is 54.3 Å². The number of hydrogen-bond donors (Lipinski definition) is 1. The average Bonchev–Trinajstić information content (AvgIpc) is 2.38. The second-order valence-electron chi connectivity index (χ2n) is 4.68. The van der Waals surface area contributed by atoms with E-state index in [1.165, 1.54) is 11.4 Å². The standard InChI is InChI=1S/C12H20N2O4S/c1-3-9-14(10-12(15)16)19(17,18)13(2)11-7-5-4-6-8-11/h1,11H,4-10H2,2H3,(H,15,16). The molecule has 0 aromatic heterocycles. The molecule has 1 aliphatic rings. The van der Waals surface area contributed by atoms with Crippen molar-refractivity contribution >= 4 is 16.2 Å². The SMILES string of the molecule is C#CCN(CC(=O)O)S(=O)(=O)N(C)C1CCCCC1. The molecule has 0 spiro atoms. The molecule has 1 saturated carbocycles. The molecule has 0 bridgehead atoms. The highest BCUT2D eigenvalue weighted by molar-refractivity contribution is 7.86. The molecule has 6 nitrogen and oxygen atoms in total. The number of rotatable bonds is 6. The van der Waals surface area contributed by atoms with E-state index in [1.54, 1.807) is 0 Å². The van der Waals surface area contributed by atoms with Gasteiger partial charge in [0, 0.05) is 13.1 Å². The highest BCUT2D eigenvalue weighted by Gasteiger charge is 2.33. The van der Waals surface area contributed by atoms with Crippen LogP contribution in [0, 0.1) is 12.3 Å². The molecule has 0 aliphatic heterocycles. The molecule has 0 radical (unpaired) electrons. The summed E-state index contributed by atoms with van der Waals surface area (Å²) in [5, 5.41) is 8.77. The second-order valence-corrected chi connectivity index (χ2v) is 6.67. The van der Waals surface area contributed by atoms with Crippen molar-refractivity contribution in [2.75, 3.05) is 20.1 Å². The number of hydrogen-bond acceptors (Lipinski definition) is 3. The molecule has 0 heterocycles. The van der Waals surface area contributed by atoms with Crippen LogP contribution in [0.3, 0.4) is 0 Å². The molecule has 1 aliphatic carbocycles. The smallest absolute Gasteiger partial charge is 0.318 e. The van der Waals surface area contributed by atoms with Gasteiger partial charge in [-0.2, -0.15) is 17.0 Å². The van der Waals surface area contributed by atoms with Crippen LogP contribution in [-0.2, 0) is 15.0 Å². The van der Waals surface area contributed by atoms with E-state index in [0.717, 1.165) is 36.4 Å². The minimum absolute atomic E-state index is 0.0622. The summed E-state index contributed by atoms with van der Waals surface area (Å²) < 4.78 is 26.8. The van der Waals surface area contributed by atoms with Crippen molar-refractivity contribution in [2.45, 2.75) is 38.1 Å². The molecule has 0 saturated heterocycles. The van der Waals surface area contributed by atoms with Gasteiger partial charge in [-0.3, -0.25) is 4.79 Å². The predicted octanol–water partition coefficient (Wildman–Crippen LogP) is 0.515. The monoisotopic (exact) mass is 288 g/mol. The van der Waals surface area contributed by atoms with E-state index in [-0.39, 0.29) is 12.6 Å². The van der Waals surface area contributed by atoms with Gasteiger partial charge in [-0.15, -0.1) is 6.42 Å². The van der Waals surface area contributed by atoms with Crippen molar-refractivity contribution in [3.63, 3.8) is 0 Å². The van der Waals surface area contributed by atoms with Crippen LogP contribution in [0.25, 0.3) is 0 Å². The second kappa shape index (κ2) is 6.89. The van der Waals surface area contributed by atoms with Crippen molar-refractivity contribution < 1.29 is 18.3 Å². The zero-order valence-electron chi connectivity index (χ0n) is 11.1. The molecule has 108 valence electrons. The van der Waals surface area contributed by atoms with Crippen LogP contribution in [0.4, 0.5) is 0 Å². The van der Waals surface area contributed by atoms with E-state index in [1.807, 2.05) is 0 Å². The maximum atomic E-state index is 12.3. The van der Waals surface area contributed by atoms with Gasteiger partial charge in [-0.25, -0.2) is 0 Å². The van der Waals surface area contributed by atoms with Gasteiger partial charge in [0.15, 0.2) is 0 Å². The summed E-state index contributed by atoms with van der Waals surface area (Å²) in [5.74, 6) is 0.982. The lowest BCUT2D eigenvalue weighted by Gasteiger charge is -2.33. The van der Waals surface area contributed by atoms with Gasteiger partial charge in [-0.1, -0.05) is 25.2 Å². The van der Waals surface area contributed by atoms with Crippen molar-refractivity contribution in [3.8, 4) is 12.3 Å². The quantitative estimate of drug-likeness (QED) is 0.723. The Labute approximate surface area is 114 Å². The van der Waals surface area contributed by atoms with Crippen LogP contribution in [0.15, 0.2) is 0 Å². The Bertz CT molecular complexity index is 449. The number of carboxylic acid groups (broad SMARTS) is 1. The zero-order valence-corrected chi connectivity index (χ0v) is 11.9. The van der Waals surface area contributed by atoms with Gasteiger partial charge in [0.1, 0.15) is 6.54 Å². The number of aliphatic carboxylic acids is 1. The lowest BCUT2D eigenvalue weighted by molar-refractivity contribution is -0.137. The first kappa shape index (κ1) is 16.0. The fourth-order valence-corrected chi connectivity index (χ4v) is 3.75. The molecule has 0 atom stereocenters. The van der Waals surface area contributed by atoms with Crippen LogP contribution < -0.4 is 0 Å². The zero-order chi connectivity index (χ0) is 14.5. The van der Waals surface area contributed by atoms with Crippen LogP contribution in [0.2, 0.25) is 0 Å². The summed E-state index contributed by atoms with van der Waals surface area (Å²) in [6.07, 6.45) is 9.85. The third kappa shape index (κ3) is 4.20. The number of carboxylic acids is 1. The van der Waals surface area contributed by atoms with E-state index >= 15 is 0 Å². The molecule has 7 heteroatoms. The Morgan fingerprint density at radius 1 is 1.37 bits per heavy atom. The first-order chi connectivity index (χ1) is 8.89. The van der Waals surface area contributed by atoms with Crippen molar-refractivity contribution in [2.24, 2.45) is 0 Å². The minimum atomic E-state index is -3.81. The molecule has 0 unspecified atom stereocenters. The molecule has 19 heavy (non-hydrogen) atoms. The Balaban J connectivity index is 2.85. The fraction of sp³-hybridized carbons (Fsp3) is 0.750. The highest BCUT2D eigenvalue weighted by atomic mass is 32.2. The lowest BCUT2D eigenvalue weighted by Crippen LogP contribution is -2.48. The lowest BCUT2D eigenvalue weighted by atomic mass is 9.96. The van der Waals surface area contributed by atoms with E-state index in [9.17, 15) is 13.2 Å². The average molecular weight is 288 g/mol. The molecule has 0 amide bonds. The van der Waals surface area contributed by atoms with E-state index in [4.69, 9.17) is 11.5 Å². The topological polar surface area (TPSA) is 77.9 Å². The Hall–Kier alpha value is -1.10. The van der Waals surface area contributed by atoms with Crippen LogP contribution >= 0.6 is 0 Å². The molecular formula is C12H20N2O4S. The third-order valence-electron chi connectivity index (χ3n) is 3.36. The predicted molar refractivity (Wildman–Crippen MR) is 71.6 cm³/mol. The van der Waals surface area contributed by atoms with Crippen molar-refractivity contribution in [3.05, 3.63) is 0 Å². The van der Waals surface area contributed by atoms with Gasteiger partial charge in [0.05, 0.1) is 6.54 Å². The summed E-state index contributed by atoms with van der Waals surface area (Å²) in [6, 6.07) is -0.0622.